The third kappa shape index (κ3) is 3.36. The predicted molar refractivity (Wildman–Crippen MR) is 117 cm³/mol. The SMILES string of the molecule is CCCc1ccc2oc3cc(-c4nc(Cl)nc(-c5ccccc5)n4)ccc3c2c1. The van der Waals surface area contributed by atoms with Crippen LogP contribution in [0.2, 0.25) is 5.28 Å². The highest BCUT2D eigenvalue weighted by molar-refractivity contribution is 6.28. The summed E-state index contributed by atoms with van der Waals surface area (Å²) >= 11 is 6.19. The van der Waals surface area contributed by atoms with Gasteiger partial charge in [0.25, 0.3) is 0 Å². The quantitative estimate of drug-likeness (QED) is 0.337. The summed E-state index contributed by atoms with van der Waals surface area (Å²) < 4.78 is 6.09. The number of halogens is 1. The van der Waals surface area contributed by atoms with E-state index in [2.05, 4.69) is 40.1 Å². The molecule has 0 saturated carbocycles. The Bertz CT molecular complexity index is 1330. The van der Waals surface area contributed by atoms with Gasteiger partial charge in [-0.25, -0.2) is 4.98 Å². The molecule has 0 amide bonds. The zero-order valence-electron chi connectivity index (χ0n) is 15.9. The van der Waals surface area contributed by atoms with Crippen LogP contribution in [0.3, 0.4) is 0 Å². The van der Waals surface area contributed by atoms with Gasteiger partial charge >= 0.3 is 0 Å². The van der Waals surface area contributed by atoms with E-state index in [1.54, 1.807) is 0 Å². The summed E-state index contributed by atoms with van der Waals surface area (Å²) in [6.45, 7) is 2.19. The Labute approximate surface area is 173 Å². The van der Waals surface area contributed by atoms with E-state index in [1.165, 1.54) is 5.56 Å². The van der Waals surface area contributed by atoms with Gasteiger partial charge < -0.3 is 4.42 Å². The Balaban J connectivity index is 1.62. The van der Waals surface area contributed by atoms with Crippen LogP contribution in [-0.4, -0.2) is 15.0 Å². The maximum absolute atomic E-state index is 6.19. The highest BCUT2D eigenvalue weighted by atomic mass is 35.5. The summed E-state index contributed by atoms with van der Waals surface area (Å²) in [5.41, 5.74) is 4.75. The molecule has 0 atom stereocenters. The number of aryl methyl sites for hydroxylation is 1. The molecule has 0 aliphatic carbocycles. The van der Waals surface area contributed by atoms with E-state index in [9.17, 15) is 0 Å². The van der Waals surface area contributed by atoms with Gasteiger partial charge in [0.15, 0.2) is 11.6 Å². The normalized spacial score (nSPS) is 11.4. The van der Waals surface area contributed by atoms with Gasteiger partial charge in [-0.05, 0) is 47.9 Å². The lowest BCUT2D eigenvalue weighted by Crippen LogP contribution is -1.97. The van der Waals surface area contributed by atoms with Crippen molar-refractivity contribution in [3.8, 4) is 22.8 Å². The van der Waals surface area contributed by atoms with Gasteiger partial charge in [0.2, 0.25) is 5.28 Å². The van der Waals surface area contributed by atoms with Gasteiger partial charge in [0.1, 0.15) is 11.2 Å². The highest BCUT2D eigenvalue weighted by Crippen LogP contribution is 2.32. The summed E-state index contributed by atoms with van der Waals surface area (Å²) in [7, 11) is 0. The van der Waals surface area contributed by atoms with Crippen LogP contribution in [0, 0.1) is 0 Å². The maximum Gasteiger partial charge on any atom is 0.226 e. The number of fused-ring (bicyclic) bond motifs is 3. The van der Waals surface area contributed by atoms with Crippen molar-refractivity contribution in [2.75, 3.05) is 0 Å². The minimum Gasteiger partial charge on any atom is -0.456 e. The first kappa shape index (κ1) is 17.8. The lowest BCUT2D eigenvalue weighted by atomic mass is 10.1. The van der Waals surface area contributed by atoms with E-state index in [4.69, 9.17) is 16.0 Å². The minimum absolute atomic E-state index is 0.169. The van der Waals surface area contributed by atoms with Gasteiger partial charge in [-0.15, -0.1) is 0 Å². The Hall–Kier alpha value is -3.24. The molecule has 29 heavy (non-hydrogen) atoms. The smallest absolute Gasteiger partial charge is 0.226 e. The molecule has 0 radical (unpaired) electrons. The molecule has 0 bridgehead atoms. The topological polar surface area (TPSA) is 51.8 Å². The number of nitrogens with zero attached hydrogens (tertiary/aromatic N) is 3. The fourth-order valence-electron chi connectivity index (χ4n) is 3.60. The number of furan rings is 1. The fraction of sp³-hybridized carbons (Fsp3) is 0.125. The van der Waals surface area contributed by atoms with Crippen LogP contribution in [0.15, 0.2) is 71.1 Å². The summed E-state index contributed by atoms with van der Waals surface area (Å²) in [6.07, 6.45) is 2.18. The molecule has 5 aromatic rings. The van der Waals surface area contributed by atoms with Crippen LogP contribution in [0.5, 0.6) is 0 Å². The number of aromatic nitrogens is 3. The van der Waals surface area contributed by atoms with Crippen LogP contribution in [0.4, 0.5) is 0 Å². The number of hydrogen-bond donors (Lipinski definition) is 0. The third-order valence-electron chi connectivity index (χ3n) is 4.97. The van der Waals surface area contributed by atoms with Crippen LogP contribution in [0.1, 0.15) is 18.9 Å². The van der Waals surface area contributed by atoms with Crippen molar-refractivity contribution in [3.05, 3.63) is 77.6 Å². The highest BCUT2D eigenvalue weighted by Gasteiger charge is 2.13. The molecule has 2 heterocycles. The van der Waals surface area contributed by atoms with Crippen molar-refractivity contribution >= 4 is 33.5 Å². The second-order valence-electron chi connectivity index (χ2n) is 7.01. The van der Waals surface area contributed by atoms with E-state index in [-0.39, 0.29) is 5.28 Å². The molecule has 0 saturated heterocycles. The Morgan fingerprint density at radius 1 is 0.759 bits per heavy atom. The molecule has 2 aromatic heterocycles. The van der Waals surface area contributed by atoms with Crippen molar-refractivity contribution in [1.29, 1.82) is 0 Å². The lowest BCUT2D eigenvalue weighted by molar-refractivity contribution is 0.669. The van der Waals surface area contributed by atoms with Crippen molar-refractivity contribution in [3.63, 3.8) is 0 Å². The molecule has 0 spiro atoms. The summed E-state index contributed by atoms with van der Waals surface area (Å²) in [5, 5.41) is 2.39. The number of rotatable bonds is 4. The zero-order chi connectivity index (χ0) is 19.8. The van der Waals surface area contributed by atoms with E-state index in [0.717, 1.165) is 45.9 Å². The van der Waals surface area contributed by atoms with Crippen LogP contribution < -0.4 is 0 Å². The lowest BCUT2D eigenvalue weighted by Gasteiger charge is -2.05. The van der Waals surface area contributed by atoms with Crippen molar-refractivity contribution in [2.45, 2.75) is 19.8 Å². The van der Waals surface area contributed by atoms with Gasteiger partial charge in [0.05, 0.1) is 0 Å². The van der Waals surface area contributed by atoms with E-state index in [0.29, 0.717) is 11.6 Å². The van der Waals surface area contributed by atoms with E-state index >= 15 is 0 Å². The Morgan fingerprint density at radius 2 is 1.55 bits per heavy atom. The number of benzene rings is 3. The van der Waals surface area contributed by atoms with Crippen LogP contribution >= 0.6 is 11.6 Å². The van der Waals surface area contributed by atoms with Crippen molar-refractivity contribution < 1.29 is 4.42 Å². The predicted octanol–water partition coefficient (Wildman–Crippen LogP) is 6.71. The molecule has 0 fully saturated rings. The van der Waals surface area contributed by atoms with Crippen molar-refractivity contribution in [2.24, 2.45) is 0 Å². The Kier molecular flexibility index (Phi) is 4.49. The van der Waals surface area contributed by atoms with Crippen molar-refractivity contribution in [1.82, 2.24) is 15.0 Å². The second-order valence-corrected chi connectivity index (χ2v) is 7.35. The molecule has 0 N–H and O–H groups in total. The fourth-order valence-corrected chi connectivity index (χ4v) is 3.76. The van der Waals surface area contributed by atoms with Crippen LogP contribution in [-0.2, 0) is 6.42 Å². The average molecular weight is 400 g/mol. The van der Waals surface area contributed by atoms with Gasteiger partial charge in [-0.3, -0.25) is 0 Å². The largest absolute Gasteiger partial charge is 0.456 e. The standard InChI is InChI=1S/C24H18ClN3O/c1-2-6-15-9-12-20-19(13-15)18-11-10-17(14-21(18)29-20)23-26-22(27-24(25)28-23)16-7-4-3-5-8-16/h3-5,7-14H,2,6H2,1H3. The Morgan fingerprint density at radius 3 is 2.34 bits per heavy atom. The molecule has 0 aliphatic rings. The molecule has 4 nitrogen and oxygen atoms in total. The first-order valence-corrected chi connectivity index (χ1v) is 10.0. The third-order valence-corrected chi connectivity index (χ3v) is 5.14. The number of hydrogen-bond acceptors (Lipinski definition) is 4. The molecule has 5 rings (SSSR count). The molecule has 5 heteroatoms. The summed E-state index contributed by atoms with van der Waals surface area (Å²) in [5.74, 6) is 1.08. The minimum atomic E-state index is 0.169. The van der Waals surface area contributed by atoms with E-state index in [1.807, 2.05) is 48.5 Å². The van der Waals surface area contributed by atoms with Gasteiger partial charge in [-0.2, -0.15) is 9.97 Å². The molecule has 0 aliphatic heterocycles. The first-order valence-electron chi connectivity index (χ1n) is 9.64. The molecular weight excluding hydrogens is 382 g/mol. The van der Waals surface area contributed by atoms with Gasteiger partial charge in [0, 0.05) is 21.9 Å². The molecule has 142 valence electrons. The molecule has 0 unspecified atom stereocenters. The first-order chi connectivity index (χ1) is 14.2. The van der Waals surface area contributed by atoms with Crippen LogP contribution in [0.25, 0.3) is 44.7 Å². The monoisotopic (exact) mass is 399 g/mol. The summed E-state index contributed by atoms with van der Waals surface area (Å²) in [4.78, 5) is 13.2. The maximum atomic E-state index is 6.19. The second kappa shape index (κ2) is 7.30. The zero-order valence-corrected chi connectivity index (χ0v) is 16.6. The average Bonchev–Trinajstić information content (AvgIpc) is 3.11. The van der Waals surface area contributed by atoms with Gasteiger partial charge in [-0.1, -0.05) is 55.8 Å². The molecule has 3 aromatic carbocycles. The molecular formula is C24H18ClN3O. The van der Waals surface area contributed by atoms with E-state index < -0.39 is 0 Å². The summed E-state index contributed by atoms with van der Waals surface area (Å²) in [6, 6.07) is 22.2.